The fourth-order valence-corrected chi connectivity index (χ4v) is 4.10. The van der Waals surface area contributed by atoms with Crippen molar-refractivity contribution in [3.63, 3.8) is 0 Å². The van der Waals surface area contributed by atoms with Crippen molar-refractivity contribution in [1.29, 1.82) is 0 Å². The van der Waals surface area contributed by atoms with Gasteiger partial charge in [-0.2, -0.15) is 0 Å². The van der Waals surface area contributed by atoms with Crippen LogP contribution in [-0.4, -0.2) is 46.9 Å². The second-order valence-electron chi connectivity index (χ2n) is 6.02. The number of para-hydroxylation sites is 2. The Morgan fingerprint density at radius 1 is 1.04 bits per heavy atom. The van der Waals surface area contributed by atoms with Crippen molar-refractivity contribution < 1.29 is 9.72 Å². The number of piperazine rings is 1. The van der Waals surface area contributed by atoms with Crippen molar-refractivity contribution >= 4 is 38.3 Å². The predicted molar refractivity (Wildman–Crippen MR) is 101 cm³/mol. The smallest absolute Gasteiger partial charge is 0.282 e. The molecule has 1 saturated heterocycles. The molecule has 3 aromatic rings. The third kappa shape index (κ3) is 2.99. The molecule has 1 amide bonds. The van der Waals surface area contributed by atoms with E-state index < -0.39 is 4.92 Å². The summed E-state index contributed by atoms with van der Waals surface area (Å²) in [7, 11) is 0. The topological polar surface area (TPSA) is 79.6 Å². The van der Waals surface area contributed by atoms with E-state index in [1.807, 2.05) is 24.3 Å². The van der Waals surface area contributed by atoms with Crippen molar-refractivity contribution in [2.45, 2.75) is 0 Å². The number of benzene rings is 2. The van der Waals surface area contributed by atoms with Crippen LogP contribution < -0.4 is 4.90 Å². The highest BCUT2D eigenvalue weighted by molar-refractivity contribution is 7.22. The number of hydrogen-bond donors (Lipinski definition) is 0. The van der Waals surface area contributed by atoms with Crippen LogP contribution in [0.15, 0.2) is 48.5 Å². The van der Waals surface area contributed by atoms with E-state index in [-0.39, 0.29) is 17.2 Å². The van der Waals surface area contributed by atoms with E-state index in [0.29, 0.717) is 26.2 Å². The highest BCUT2D eigenvalue weighted by atomic mass is 32.1. The molecule has 0 atom stereocenters. The van der Waals surface area contributed by atoms with Gasteiger partial charge in [-0.15, -0.1) is 0 Å². The molecule has 4 rings (SSSR count). The maximum Gasteiger partial charge on any atom is 0.282 e. The molecular formula is C18H16N4O3S. The van der Waals surface area contributed by atoms with Crippen LogP contribution in [0.5, 0.6) is 0 Å². The monoisotopic (exact) mass is 368 g/mol. The van der Waals surface area contributed by atoms with E-state index in [1.54, 1.807) is 28.4 Å². The van der Waals surface area contributed by atoms with Gasteiger partial charge in [-0.3, -0.25) is 14.9 Å². The van der Waals surface area contributed by atoms with Crippen LogP contribution in [0, 0.1) is 10.1 Å². The summed E-state index contributed by atoms with van der Waals surface area (Å²) in [5.74, 6) is -0.291. The molecule has 1 aromatic heterocycles. The molecule has 0 aliphatic carbocycles. The van der Waals surface area contributed by atoms with Gasteiger partial charge in [0.15, 0.2) is 5.13 Å². The lowest BCUT2D eigenvalue weighted by atomic mass is 10.1. The highest BCUT2D eigenvalue weighted by Crippen LogP contribution is 2.29. The Balaban J connectivity index is 1.48. The SMILES string of the molecule is O=C(c1ccccc1[N+](=O)[O-])N1CCN(c2nc3ccccc3s2)CC1. The highest BCUT2D eigenvalue weighted by Gasteiger charge is 2.28. The van der Waals surface area contributed by atoms with Crippen LogP contribution in [0.2, 0.25) is 0 Å². The predicted octanol–water partition coefficient (Wildman–Crippen LogP) is 3.17. The zero-order valence-electron chi connectivity index (χ0n) is 13.9. The molecule has 7 nitrogen and oxygen atoms in total. The quantitative estimate of drug-likeness (QED) is 0.524. The van der Waals surface area contributed by atoms with Gasteiger partial charge in [-0.05, 0) is 18.2 Å². The van der Waals surface area contributed by atoms with Crippen LogP contribution in [0.1, 0.15) is 10.4 Å². The summed E-state index contributed by atoms with van der Waals surface area (Å²) in [6.45, 7) is 2.35. The van der Waals surface area contributed by atoms with Crippen LogP contribution in [0.3, 0.4) is 0 Å². The second-order valence-corrected chi connectivity index (χ2v) is 7.03. The Bertz CT molecular complexity index is 946. The van der Waals surface area contributed by atoms with Gasteiger partial charge in [0, 0.05) is 32.2 Å². The molecule has 0 N–H and O–H groups in total. The lowest BCUT2D eigenvalue weighted by Gasteiger charge is -2.34. The molecular weight excluding hydrogens is 352 g/mol. The second kappa shape index (κ2) is 6.72. The fourth-order valence-electron chi connectivity index (χ4n) is 3.08. The normalized spacial score (nSPS) is 14.6. The Morgan fingerprint density at radius 2 is 1.73 bits per heavy atom. The summed E-state index contributed by atoms with van der Waals surface area (Å²) >= 11 is 1.64. The Morgan fingerprint density at radius 3 is 2.46 bits per heavy atom. The van der Waals surface area contributed by atoms with E-state index in [2.05, 4.69) is 9.88 Å². The Kier molecular flexibility index (Phi) is 4.26. The zero-order valence-corrected chi connectivity index (χ0v) is 14.7. The largest absolute Gasteiger partial charge is 0.345 e. The van der Waals surface area contributed by atoms with Gasteiger partial charge in [-0.25, -0.2) is 4.98 Å². The van der Waals surface area contributed by atoms with E-state index in [9.17, 15) is 14.9 Å². The van der Waals surface area contributed by atoms with Gasteiger partial charge < -0.3 is 9.80 Å². The number of nitro groups is 1. The number of rotatable bonds is 3. The third-order valence-electron chi connectivity index (χ3n) is 4.45. The molecule has 0 bridgehead atoms. The number of fused-ring (bicyclic) bond motifs is 1. The number of nitro benzene ring substituents is 1. The van der Waals surface area contributed by atoms with E-state index in [4.69, 9.17) is 0 Å². The summed E-state index contributed by atoms with van der Waals surface area (Å²) in [5.41, 5.74) is 0.975. The number of carbonyl (C=O) groups is 1. The zero-order chi connectivity index (χ0) is 18.1. The van der Waals surface area contributed by atoms with Crippen LogP contribution >= 0.6 is 11.3 Å². The third-order valence-corrected chi connectivity index (χ3v) is 5.55. The van der Waals surface area contributed by atoms with Crippen LogP contribution in [0.4, 0.5) is 10.8 Å². The average Bonchev–Trinajstić information content (AvgIpc) is 3.12. The molecule has 0 radical (unpaired) electrons. The molecule has 0 unspecified atom stereocenters. The number of hydrogen-bond acceptors (Lipinski definition) is 6. The summed E-state index contributed by atoms with van der Waals surface area (Å²) in [6, 6.07) is 14.1. The number of amides is 1. The molecule has 1 fully saturated rings. The van der Waals surface area contributed by atoms with Crippen molar-refractivity contribution in [2.24, 2.45) is 0 Å². The van der Waals surface area contributed by atoms with Gasteiger partial charge in [0.2, 0.25) is 0 Å². The van der Waals surface area contributed by atoms with Crippen molar-refractivity contribution in [3.8, 4) is 0 Å². The number of carbonyl (C=O) groups excluding carboxylic acids is 1. The van der Waals surface area contributed by atoms with E-state index in [0.717, 1.165) is 15.3 Å². The molecule has 132 valence electrons. The van der Waals surface area contributed by atoms with Gasteiger partial charge in [-0.1, -0.05) is 35.6 Å². The van der Waals surface area contributed by atoms with Gasteiger partial charge in [0.25, 0.3) is 11.6 Å². The minimum atomic E-state index is -0.509. The number of aromatic nitrogens is 1. The molecule has 8 heteroatoms. The minimum Gasteiger partial charge on any atom is -0.345 e. The lowest BCUT2D eigenvalue weighted by Crippen LogP contribution is -2.48. The number of thiazole rings is 1. The molecule has 26 heavy (non-hydrogen) atoms. The number of anilines is 1. The Labute approximate surface area is 153 Å². The van der Waals surface area contributed by atoms with Crippen molar-refractivity contribution in [2.75, 3.05) is 31.1 Å². The van der Waals surface area contributed by atoms with Crippen LogP contribution in [0.25, 0.3) is 10.2 Å². The van der Waals surface area contributed by atoms with Crippen molar-refractivity contribution in [1.82, 2.24) is 9.88 Å². The number of nitrogens with zero attached hydrogens (tertiary/aromatic N) is 4. The maximum absolute atomic E-state index is 12.7. The summed E-state index contributed by atoms with van der Waals surface area (Å²) in [4.78, 5) is 31.8. The standard InChI is InChI=1S/C18H16N4O3S/c23-17(13-5-1-3-7-15(13)22(24)25)20-9-11-21(12-10-20)18-19-14-6-2-4-8-16(14)26-18/h1-8H,9-12H2. The van der Waals surface area contributed by atoms with E-state index >= 15 is 0 Å². The first-order chi connectivity index (χ1) is 12.6. The molecule has 0 spiro atoms. The van der Waals surface area contributed by atoms with Gasteiger partial charge in [0.1, 0.15) is 5.56 Å². The first-order valence-corrected chi connectivity index (χ1v) is 9.08. The molecule has 0 saturated carbocycles. The van der Waals surface area contributed by atoms with E-state index in [1.165, 1.54) is 12.1 Å². The molecule has 2 aromatic carbocycles. The fraction of sp³-hybridized carbons (Fsp3) is 0.222. The first-order valence-electron chi connectivity index (χ1n) is 8.27. The maximum atomic E-state index is 12.7. The summed E-state index contributed by atoms with van der Waals surface area (Å²) in [6.07, 6.45) is 0. The van der Waals surface area contributed by atoms with Gasteiger partial charge in [0.05, 0.1) is 15.1 Å². The van der Waals surface area contributed by atoms with Crippen molar-refractivity contribution in [3.05, 3.63) is 64.2 Å². The summed E-state index contributed by atoms with van der Waals surface area (Å²) < 4.78 is 1.14. The average molecular weight is 368 g/mol. The molecule has 1 aliphatic rings. The molecule has 1 aliphatic heterocycles. The minimum absolute atomic E-state index is 0.144. The van der Waals surface area contributed by atoms with Crippen LogP contribution in [-0.2, 0) is 0 Å². The summed E-state index contributed by atoms with van der Waals surface area (Å²) in [5, 5.41) is 12.1. The Hall–Kier alpha value is -3.00. The molecule has 2 heterocycles. The van der Waals surface area contributed by atoms with Gasteiger partial charge >= 0.3 is 0 Å². The first kappa shape index (κ1) is 16.5. The lowest BCUT2D eigenvalue weighted by molar-refractivity contribution is -0.385.